The lowest BCUT2D eigenvalue weighted by atomic mass is 10.0. The summed E-state index contributed by atoms with van der Waals surface area (Å²) in [6, 6.07) is 10.9. The normalized spacial score (nSPS) is 11.0. The van der Waals surface area contributed by atoms with E-state index in [-0.39, 0.29) is 5.82 Å². The van der Waals surface area contributed by atoms with Crippen molar-refractivity contribution in [1.82, 2.24) is 0 Å². The molecule has 0 spiro atoms. The van der Waals surface area contributed by atoms with E-state index in [0.29, 0.717) is 19.1 Å². The van der Waals surface area contributed by atoms with Crippen molar-refractivity contribution >= 4 is 0 Å². The SMILES string of the molecule is Cc1ccc(C(C)C)cc1OCc1ccc(F)cc1CN. The van der Waals surface area contributed by atoms with Gasteiger partial charge < -0.3 is 10.5 Å². The molecule has 0 amide bonds. The summed E-state index contributed by atoms with van der Waals surface area (Å²) < 4.78 is 19.1. The quantitative estimate of drug-likeness (QED) is 0.890. The summed E-state index contributed by atoms with van der Waals surface area (Å²) >= 11 is 0. The van der Waals surface area contributed by atoms with Crippen LogP contribution in [0, 0.1) is 12.7 Å². The maximum atomic E-state index is 13.2. The summed E-state index contributed by atoms with van der Waals surface area (Å²) in [4.78, 5) is 0. The lowest BCUT2D eigenvalue weighted by Gasteiger charge is -2.14. The van der Waals surface area contributed by atoms with Crippen LogP contribution in [0.5, 0.6) is 5.75 Å². The first-order valence-electron chi connectivity index (χ1n) is 7.22. The lowest BCUT2D eigenvalue weighted by Crippen LogP contribution is -2.06. The van der Waals surface area contributed by atoms with E-state index < -0.39 is 0 Å². The monoisotopic (exact) mass is 287 g/mol. The number of halogens is 1. The number of hydrogen-bond donors (Lipinski definition) is 1. The molecule has 0 unspecified atom stereocenters. The highest BCUT2D eigenvalue weighted by Gasteiger charge is 2.07. The highest BCUT2D eigenvalue weighted by atomic mass is 19.1. The van der Waals surface area contributed by atoms with Crippen molar-refractivity contribution in [1.29, 1.82) is 0 Å². The molecule has 0 radical (unpaired) electrons. The fraction of sp³-hybridized carbons (Fsp3) is 0.333. The van der Waals surface area contributed by atoms with Gasteiger partial charge in [-0.15, -0.1) is 0 Å². The molecule has 2 rings (SSSR count). The Balaban J connectivity index is 2.18. The van der Waals surface area contributed by atoms with Crippen LogP contribution in [0.3, 0.4) is 0 Å². The van der Waals surface area contributed by atoms with E-state index in [4.69, 9.17) is 10.5 Å². The van der Waals surface area contributed by atoms with E-state index in [9.17, 15) is 4.39 Å². The van der Waals surface area contributed by atoms with Crippen LogP contribution in [-0.4, -0.2) is 0 Å². The van der Waals surface area contributed by atoms with Gasteiger partial charge in [0.2, 0.25) is 0 Å². The van der Waals surface area contributed by atoms with Gasteiger partial charge in [0.25, 0.3) is 0 Å². The Morgan fingerprint density at radius 3 is 2.52 bits per heavy atom. The summed E-state index contributed by atoms with van der Waals surface area (Å²) in [5, 5.41) is 0. The first kappa shape index (κ1) is 15.5. The van der Waals surface area contributed by atoms with Crippen molar-refractivity contribution < 1.29 is 9.13 Å². The Morgan fingerprint density at radius 1 is 1.10 bits per heavy atom. The second kappa shape index (κ2) is 6.72. The molecule has 3 heteroatoms. The van der Waals surface area contributed by atoms with Crippen molar-refractivity contribution in [2.45, 2.75) is 39.8 Å². The number of hydrogen-bond acceptors (Lipinski definition) is 2. The molecule has 0 aliphatic heterocycles. The predicted octanol–water partition coefficient (Wildman–Crippen LogP) is 4.30. The second-order valence-corrected chi connectivity index (χ2v) is 5.59. The molecule has 2 aromatic rings. The maximum absolute atomic E-state index is 13.2. The highest BCUT2D eigenvalue weighted by Crippen LogP contribution is 2.25. The molecule has 2 aromatic carbocycles. The second-order valence-electron chi connectivity index (χ2n) is 5.59. The first-order chi connectivity index (χ1) is 10.0. The molecule has 0 aliphatic rings. The molecule has 0 heterocycles. The average molecular weight is 287 g/mol. The van der Waals surface area contributed by atoms with Crippen LogP contribution in [0.4, 0.5) is 4.39 Å². The largest absolute Gasteiger partial charge is 0.489 e. The lowest BCUT2D eigenvalue weighted by molar-refractivity contribution is 0.302. The molecule has 2 nitrogen and oxygen atoms in total. The Hall–Kier alpha value is -1.87. The topological polar surface area (TPSA) is 35.2 Å². The molecule has 0 aliphatic carbocycles. The maximum Gasteiger partial charge on any atom is 0.123 e. The van der Waals surface area contributed by atoms with Crippen molar-refractivity contribution in [3.8, 4) is 5.75 Å². The van der Waals surface area contributed by atoms with Crippen molar-refractivity contribution in [2.75, 3.05) is 0 Å². The number of aryl methyl sites for hydroxylation is 1. The van der Waals surface area contributed by atoms with Gasteiger partial charge in [0.1, 0.15) is 18.2 Å². The molecule has 2 N–H and O–H groups in total. The van der Waals surface area contributed by atoms with Gasteiger partial charge in [-0.3, -0.25) is 0 Å². The van der Waals surface area contributed by atoms with Gasteiger partial charge in [0.05, 0.1) is 0 Å². The Bertz CT molecular complexity index is 623. The Morgan fingerprint density at radius 2 is 1.86 bits per heavy atom. The van der Waals surface area contributed by atoms with E-state index in [0.717, 1.165) is 22.4 Å². The third-order valence-electron chi connectivity index (χ3n) is 3.65. The Kier molecular flexibility index (Phi) is 4.97. The highest BCUT2D eigenvalue weighted by molar-refractivity contribution is 5.38. The van der Waals surface area contributed by atoms with Crippen molar-refractivity contribution in [3.63, 3.8) is 0 Å². The van der Waals surface area contributed by atoms with E-state index in [1.165, 1.54) is 17.7 Å². The first-order valence-corrected chi connectivity index (χ1v) is 7.22. The van der Waals surface area contributed by atoms with Gasteiger partial charge in [-0.05, 0) is 53.3 Å². The number of ether oxygens (including phenoxy) is 1. The van der Waals surface area contributed by atoms with Crippen LogP contribution in [0.2, 0.25) is 0 Å². The van der Waals surface area contributed by atoms with Crippen LogP contribution >= 0.6 is 0 Å². The van der Waals surface area contributed by atoms with Crippen LogP contribution < -0.4 is 10.5 Å². The molecule has 0 bridgehead atoms. The molecular formula is C18H22FNO. The third-order valence-corrected chi connectivity index (χ3v) is 3.65. The van der Waals surface area contributed by atoms with Gasteiger partial charge in [0.15, 0.2) is 0 Å². The van der Waals surface area contributed by atoms with E-state index in [1.54, 1.807) is 6.07 Å². The molecule has 0 aromatic heterocycles. The number of rotatable bonds is 5. The molecule has 112 valence electrons. The van der Waals surface area contributed by atoms with Crippen LogP contribution in [0.25, 0.3) is 0 Å². The fourth-order valence-corrected chi connectivity index (χ4v) is 2.21. The summed E-state index contributed by atoms with van der Waals surface area (Å²) in [5.74, 6) is 1.06. The number of benzene rings is 2. The van der Waals surface area contributed by atoms with Gasteiger partial charge in [-0.1, -0.05) is 32.0 Å². The smallest absolute Gasteiger partial charge is 0.123 e. The van der Waals surface area contributed by atoms with Gasteiger partial charge in [0, 0.05) is 6.54 Å². The zero-order chi connectivity index (χ0) is 15.4. The predicted molar refractivity (Wildman–Crippen MR) is 83.9 cm³/mol. The summed E-state index contributed by atoms with van der Waals surface area (Å²) in [6.07, 6.45) is 0. The molecular weight excluding hydrogens is 265 g/mol. The number of nitrogens with two attached hydrogens (primary N) is 1. The Labute approximate surface area is 125 Å². The summed E-state index contributed by atoms with van der Waals surface area (Å²) in [6.45, 7) is 7.03. The molecule has 0 fully saturated rings. The van der Waals surface area contributed by atoms with Gasteiger partial charge in [-0.25, -0.2) is 4.39 Å². The fourth-order valence-electron chi connectivity index (χ4n) is 2.21. The van der Waals surface area contributed by atoms with E-state index >= 15 is 0 Å². The van der Waals surface area contributed by atoms with Gasteiger partial charge in [-0.2, -0.15) is 0 Å². The van der Waals surface area contributed by atoms with Crippen LogP contribution in [0.1, 0.15) is 42.0 Å². The average Bonchev–Trinajstić information content (AvgIpc) is 2.47. The third kappa shape index (κ3) is 3.82. The standard InChI is InChI=1S/C18H22FNO/c1-12(2)14-5-4-13(3)18(9-14)21-11-15-6-7-17(19)8-16(15)10-20/h4-9,12H,10-11,20H2,1-3H3. The van der Waals surface area contributed by atoms with Crippen LogP contribution in [0.15, 0.2) is 36.4 Å². The molecule has 0 saturated carbocycles. The molecule has 0 saturated heterocycles. The van der Waals surface area contributed by atoms with Crippen LogP contribution in [-0.2, 0) is 13.2 Å². The summed E-state index contributed by atoms with van der Waals surface area (Å²) in [7, 11) is 0. The van der Waals surface area contributed by atoms with Crippen molar-refractivity contribution in [2.24, 2.45) is 5.73 Å². The minimum atomic E-state index is -0.266. The summed E-state index contributed by atoms with van der Waals surface area (Å²) in [5.41, 5.74) is 9.71. The van der Waals surface area contributed by atoms with Gasteiger partial charge >= 0.3 is 0 Å². The minimum Gasteiger partial charge on any atom is -0.489 e. The van der Waals surface area contributed by atoms with Crippen molar-refractivity contribution in [3.05, 3.63) is 64.5 Å². The molecule has 21 heavy (non-hydrogen) atoms. The van der Waals surface area contributed by atoms with E-state index in [2.05, 4.69) is 32.0 Å². The van der Waals surface area contributed by atoms with E-state index in [1.807, 2.05) is 6.92 Å². The zero-order valence-electron chi connectivity index (χ0n) is 12.8. The minimum absolute atomic E-state index is 0.266. The zero-order valence-corrected chi connectivity index (χ0v) is 12.8. The molecule has 0 atom stereocenters.